The Bertz CT molecular complexity index is 454. The molecule has 0 radical (unpaired) electrons. The number of phosphoric ester groups is 1. The Morgan fingerprint density at radius 1 is 1.33 bits per heavy atom. The van der Waals surface area contributed by atoms with Gasteiger partial charge >= 0.3 is 37.4 Å². The van der Waals surface area contributed by atoms with Crippen LogP contribution in [-0.4, -0.2) is 9.79 Å². The first kappa shape index (κ1) is 18.2. The molecule has 4 nitrogen and oxygen atoms in total. The van der Waals surface area contributed by atoms with Gasteiger partial charge in [0.15, 0.2) is 0 Å². The summed E-state index contributed by atoms with van der Waals surface area (Å²) in [5.41, 5.74) is 1.70. The van der Waals surface area contributed by atoms with Gasteiger partial charge in [0.05, 0.1) is 0 Å². The van der Waals surface area contributed by atoms with Gasteiger partial charge in [0, 0.05) is 5.56 Å². The van der Waals surface area contributed by atoms with Gasteiger partial charge in [-0.1, -0.05) is 39.8 Å². The molecule has 0 fully saturated rings. The maximum Gasteiger partial charge on any atom is 1.00 e. The van der Waals surface area contributed by atoms with Crippen molar-refractivity contribution < 1.29 is 49.9 Å². The molecule has 0 saturated carbocycles. The smallest absolute Gasteiger partial charge is 1.00 e. The van der Waals surface area contributed by atoms with Crippen molar-refractivity contribution in [2.24, 2.45) is 0 Å². The Hall–Kier alpha value is 0.170. The summed E-state index contributed by atoms with van der Waals surface area (Å²) < 4.78 is 15.6. The van der Waals surface area contributed by atoms with E-state index in [0.717, 1.165) is 17.5 Å². The molecule has 0 unspecified atom stereocenters. The van der Waals surface area contributed by atoms with Crippen LogP contribution in [0.3, 0.4) is 0 Å². The molecule has 0 bridgehead atoms. The average molecular weight is 282 g/mol. The van der Waals surface area contributed by atoms with E-state index in [-0.39, 0.29) is 42.1 Å². The topological polar surface area (TPSA) is 66.8 Å². The molecule has 0 aliphatic heterocycles. The first-order chi connectivity index (χ1) is 7.63. The van der Waals surface area contributed by atoms with Crippen LogP contribution in [-0.2, 0) is 16.4 Å². The fourth-order valence-corrected chi connectivity index (χ4v) is 2.01. The summed E-state index contributed by atoms with van der Waals surface area (Å²) in [7, 11) is -4.51. The molecule has 98 valence electrons. The molecule has 0 saturated heterocycles. The Kier molecular flexibility index (Phi) is 6.62. The molecule has 0 aliphatic carbocycles. The third-order valence-corrected chi connectivity index (χ3v) is 2.91. The minimum absolute atomic E-state index is 0. The second-order valence-corrected chi connectivity index (χ2v) is 6.18. The fourth-order valence-electron chi connectivity index (χ4n) is 1.59. The van der Waals surface area contributed by atoms with E-state index >= 15 is 0 Å². The van der Waals surface area contributed by atoms with Crippen molar-refractivity contribution in [1.82, 2.24) is 0 Å². The van der Waals surface area contributed by atoms with Crippen LogP contribution in [0, 0.1) is 0 Å². The van der Waals surface area contributed by atoms with Gasteiger partial charge in [-0.15, -0.1) is 0 Å². The number of phosphoric acid groups is 1. The first-order valence-electron chi connectivity index (χ1n) is 5.52. The van der Waals surface area contributed by atoms with Gasteiger partial charge in [0.2, 0.25) is 0 Å². The molecular formula is C12H20NaO4P. The Balaban J connectivity index is 0. The van der Waals surface area contributed by atoms with Crippen LogP contribution < -0.4 is 34.1 Å². The average Bonchev–Trinajstić information content (AvgIpc) is 2.14. The normalized spacial score (nSPS) is 11.9. The molecule has 1 aromatic carbocycles. The minimum atomic E-state index is -4.51. The number of benzene rings is 1. The molecule has 2 N–H and O–H groups in total. The zero-order valence-corrected chi connectivity index (χ0v) is 14.5. The van der Waals surface area contributed by atoms with Gasteiger partial charge in [-0.3, -0.25) is 9.79 Å². The zero-order chi connectivity index (χ0) is 13.3. The second-order valence-electron chi connectivity index (χ2n) is 5.02. The Morgan fingerprint density at radius 2 is 1.89 bits per heavy atom. The van der Waals surface area contributed by atoms with Gasteiger partial charge in [0.25, 0.3) is 0 Å². The summed E-state index contributed by atoms with van der Waals surface area (Å²) >= 11 is 0. The van der Waals surface area contributed by atoms with Crippen molar-refractivity contribution in [3.05, 3.63) is 29.3 Å². The molecule has 0 spiro atoms. The molecule has 1 aromatic rings. The van der Waals surface area contributed by atoms with E-state index < -0.39 is 7.82 Å². The number of hydrogen-bond acceptors (Lipinski definition) is 2. The largest absolute Gasteiger partial charge is 1.00 e. The van der Waals surface area contributed by atoms with E-state index in [9.17, 15) is 4.57 Å². The van der Waals surface area contributed by atoms with Gasteiger partial charge < -0.3 is 5.95 Å². The quantitative estimate of drug-likeness (QED) is 0.611. The molecule has 0 atom stereocenters. The summed E-state index contributed by atoms with van der Waals surface area (Å²) in [4.78, 5) is 17.8. The molecule has 0 heterocycles. The third-order valence-electron chi connectivity index (χ3n) is 2.48. The van der Waals surface area contributed by atoms with E-state index in [2.05, 4.69) is 0 Å². The molecular weight excluding hydrogens is 262 g/mol. The van der Waals surface area contributed by atoms with Crippen molar-refractivity contribution in [3.8, 4) is 5.75 Å². The van der Waals surface area contributed by atoms with Crippen molar-refractivity contribution in [3.63, 3.8) is 0 Å². The standard InChI is InChI=1S/C12H19O4P.Na.H/c1-5-9-6-7-11(16-17(13,14)15)10(8-9)12(2,3)4;;/h6-8H,5H2,1-4H3,(H2,13,14,15);;/q;+1;-1. The van der Waals surface area contributed by atoms with Crippen molar-refractivity contribution in [2.75, 3.05) is 0 Å². The predicted octanol–water partition coefficient (Wildman–Crippen LogP) is 0.134. The minimum Gasteiger partial charge on any atom is -1.00 e. The van der Waals surface area contributed by atoms with Crippen molar-refractivity contribution >= 4 is 7.82 Å². The van der Waals surface area contributed by atoms with E-state index in [1.807, 2.05) is 39.8 Å². The summed E-state index contributed by atoms with van der Waals surface area (Å²) in [5.74, 6) is 0.253. The van der Waals surface area contributed by atoms with Crippen LogP contribution in [0.4, 0.5) is 0 Å². The van der Waals surface area contributed by atoms with Crippen LogP contribution in [0.15, 0.2) is 18.2 Å². The maximum atomic E-state index is 10.9. The number of aryl methyl sites for hydroxylation is 1. The molecule has 0 aromatic heterocycles. The zero-order valence-electron chi connectivity index (χ0n) is 12.6. The molecule has 1 rings (SSSR count). The Morgan fingerprint density at radius 3 is 2.28 bits per heavy atom. The maximum absolute atomic E-state index is 10.9. The van der Waals surface area contributed by atoms with Gasteiger partial charge in [-0.2, -0.15) is 0 Å². The van der Waals surface area contributed by atoms with E-state index in [0.29, 0.717) is 0 Å². The van der Waals surface area contributed by atoms with Gasteiger partial charge in [-0.05, 0) is 23.5 Å². The van der Waals surface area contributed by atoms with Crippen LogP contribution in [0.5, 0.6) is 5.75 Å². The SMILES string of the molecule is CCc1ccc(OP(=O)(O)O)c(C(C)(C)C)c1.[H-].[Na+]. The van der Waals surface area contributed by atoms with Crippen LogP contribution in [0.25, 0.3) is 0 Å². The summed E-state index contributed by atoms with van der Waals surface area (Å²) in [6.07, 6.45) is 0.874. The van der Waals surface area contributed by atoms with E-state index in [4.69, 9.17) is 14.3 Å². The van der Waals surface area contributed by atoms with Crippen LogP contribution >= 0.6 is 7.82 Å². The second kappa shape index (κ2) is 6.56. The molecule has 6 heteroatoms. The first-order valence-corrected chi connectivity index (χ1v) is 7.05. The fraction of sp³-hybridized carbons (Fsp3) is 0.500. The van der Waals surface area contributed by atoms with Crippen LogP contribution in [0.1, 0.15) is 40.2 Å². The van der Waals surface area contributed by atoms with Crippen molar-refractivity contribution in [2.45, 2.75) is 39.5 Å². The van der Waals surface area contributed by atoms with Crippen molar-refractivity contribution in [1.29, 1.82) is 0 Å². The van der Waals surface area contributed by atoms with Gasteiger partial charge in [-0.25, -0.2) is 4.57 Å². The molecule has 0 aliphatic rings. The van der Waals surface area contributed by atoms with Crippen LogP contribution in [0.2, 0.25) is 0 Å². The summed E-state index contributed by atoms with van der Waals surface area (Å²) in [5, 5.41) is 0. The molecule has 0 amide bonds. The predicted molar refractivity (Wildman–Crippen MR) is 68.3 cm³/mol. The number of rotatable bonds is 3. The van der Waals surface area contributed by atoms with E-state index in [1.54, 1.807) is 6.07 Å². The monoisotopic (exact) mass is 282 g/mol. The summed E-state index contributed by atoms with van der Waals surface area (Å²) in [6, 6.07) is 5.38. The third kappa shape index (κ3) is 5.43. The van der Waals surface area contributed by atoms with E-state index in [1.165, 1.54) is 0 Å². The Labute approximate surface area is 132 Å². The summed E-state index contributed by atoms with van der Waals surface area (Å²) in [6.45, 7) is 7.97. The molecule has 18 heavy (non-hydrogen) atoms. The van der Waals surface area contributed by atoms with Gasteiger partial charge in [0.1, 0.15) is 5.75 Å². The number of hydrogen-bond donors (Lipinski definition) is 2.